The van der Waals surface area contributed by atoms with Crippen LogP contribution in [0.1, 0.15) is 146 Å². The maximum atomic E-state index is 3.95. The molecule has 0 atom stereocenters. The fourth-order valence-corrected chi connectivity index (χ4v) is 8.71. The van der Waals surface area contributed by atoms with Crippen molar-refractivity contribution in [2.45, 2.75) is 79.1 Å². The predicted octanol–water partition coefficient (Wildman–Crippen LogP) is 10.8. The summed E-state index contributed by atoms with van der Waals surface area (Å²) >= 11 is 0. The van der Waals surface area contributed by atoms with Crippen LogP contribution in [0.2, 0.25) is 0 Å². The number of H-pyrrole nitrogens is 4. The van der Waals surface area contributed by atoms with Crippen molar-refractivity contribution in [3.8, 4) is 0 Å². The van der Waals surface area contributed by atoms with Crippen LogP contribution in [-0.2, 0) is 0 Å². The fourth-order valence-electron chi connectivity index (χ4n) is 8.71. The van der Waals surface area contributed by atoms with Crippen molar-refractivity contribution in [1.29, 1.82) is 0 Å². The summed E-state index contributed by atoms with van der Waals surface area (Å²) in [6, 6.07) is 54.3. The highest BCUT2D eigenvalue weighted by Gasteiger charge is 2.19. The second-order valence-corrected chi connectivity index (χ2v) is 17.7. The van der Waals surface area contributed by atoms with E-state index in [1.807, 2.05) is 0 Å². The molecule has 0 saturated heterocycles. The molecule has 8 bridgehead atoms. The average molecular weight is 785 g/mol. The van der Waals surface area contributed by atoms with Gasteiger partial charge in [0.05, 0.1) is 0 Å². The van der Waals surface area contributed by atoms with Crippen LogP contribution in [0.15, 0.2) is 146 Å². The summed E-state index contributed by atoms with van der Waals surface area (Å²) in [7, 11) is 0. The predicted molar refractivity (Wildman–Crippen MR) is 250 cm³/mol. The normalized spacial score (nSPS) is 13.1. The van der Waals surface area contributed by atoms with Crippen LogP contribution in [0.4, 0.5) is 0 Å². The van der Waals surface area contributed by atoms with Gasteiger partial charge in [0.25, 0.3) is 0 Å². The molecule has 5 heterocycles. The standard InChI is InChI=1S/C56H56N4/c1-33(2)37-9-17-41(18-10-37)53-45-25-27-47(57-45)54(42-19-11-38(12-20-42)34(3)4)49-29-31-51(59-49)56(44-23-15-40(16-24-44)36(7)8)52-32-30-50(60-52)55(48-28-26-46(53)58-48)43-21-13-39(14-22-43)35(5)6/h9-36,57-60H,1-8H3. The number of nitrogens with one attached hydrogen (secondary N) is 4. The second-order valence-electron chi connectivity index (χ2n) is 17.7. The van der Waals surface area contributed by atoms with Crippen LogP contribution in [0.5, 0.6) is 0 Å². The Labute approximate surface area is 354 Å². The summed E-state index contributed by atoms with van der Waals surface area (Å²) in [6.45, 7) is 18.0. The first kappa shape index (κ1) is 39.0. The summed E-state index contributed by atoms with van der Waals surface area (Å²) in [4.78, 5) is 15.8. The lowest BCUT2D eigenvalue weighted by Crippen LogP contribution is -2.19. The van der Waals surface area contributed by atoms with Gasteiger partial charge in [-0.05, 0) is 117 Å². The van der Waals surface area contributed by atoms with Crippen LogP contribution in [0, 0.1) is 0 Å². The van der Waals surface area contributed by atoms with E-state index in [2.05, 4.69) is 221 Å². The van der Waals surface area contributed by atoms with Gasteiger partial charge >= 0.3 is 0 Å². The molecule has 0 unspecified atom stereocenters. The molecule has 4 aromatic heterocycles. The van der Waals surface area contributed by atoms with Crippen LogP contribution in [-0.4, -0.2) is 19.9 Å². The number of fused-ring (bicyclic) bond motifs is 8. The number of hydrogen-bond donors (Lipinski definition) is 4. The first-order valence-corrected chi connectivity index (χ1v) is 21.7. The number of aromatic amines is 4. The Kier molecular flexibility index (Phi) is 10.3. The van der Waals surface area contributed by atoms with Crippen LogP contribution >= 0.6 is 0 Å². The highest BCUT2D eigenvalue weighted by atomic mass is 14.8. The zero-order valence-electron chi connectivity index (χ0n) is 36.2. The van der Waals surface area contributed by atoms with Crippen molar-refractivity contribution in [2.75, 3.05) is 0 Å². The first-order valence-electron chi connectivity index (χ1n) is 21.7. The Morgan fingerprint density at radius 2 is 0.433 bits per heavy atom. The van der Waals surface area contributed by atoms with Gasteiger partial charge in [-0.1, -0.05) is 152 Å². The monoisotopic (exact) mass is 784 g/mol. The van der Waals surface area contributed by atoms with Gasteiger partial charge < -0.3 is 19.9 Å². The quantitative estimate of drug-likeness (QED) is 0.119. The Bertz CT molecular complexity index is 2630. The molecule has 1 aliphatic rings. The maximum absolute atomic E-state index is 3.95. The molecule has 0 fully saturated rings. The maximum Gasteiger partial charge on any atom is 0.0485 e. The molecule has 0 amide bonds. The van der Waals surface area contributed by atoms with Gasteiger partial charge in [-0.2, -0.15) is 0 Å². The fraction of sp³-hybridized carbons (Fsp3) is 0.214. The lowest BCUT2D eigenvalue weighted by Gasteiger charge is -2.12. The zero-order valence-corrected chi connectivity index (χ0v) is 36.2. The third-order valence-electron chi connectivity index (χ3n) is 12.4. The Balaban J connectivity index is 1.39. The van der Waals surface area contributed by atoms with Crippen LogP contribution in [0.3, 0.4) is 0 Å². The van der Waals surface area contributed by atoms with E-state index < -0.39 is 0 Å². The molecule has 300 valence electrons. The van der Waals surface area contributed by atoms with Gasteiger partial charge in [-0.3, -0.25) is 0 Å². The van der Waals surface area contributed by atoms with E-state index in [4.69, 9.17) is 0 Å². The molecule has 0 spiro atoms. The number of hydrogen-bond acceptors (Lipinski definition) is 0. The SMILES string of the molecule is CC(C)c1ccc(C2=c3ccc([nH]3)=C(c3ccc(C(C)C)cc3)c3ccc([nH]3)C(c3ccc(C(C)C)cc3)=c3ccc([nH]3)=C(c3ccc(C(C)C)cc3)c3ccc2[nH]3)cc1. The summed E-state index contributed by atoms with van der Waals surface area (Å²) in [5.74, 6) is 1.79. The minimum absolute atomic E-state index is 0.447. The van der Waals surface area contributed by atoms with Gasteiger partial charge in [-0.25, -0.2) is 0 Å². The minimum Gasteiger partial charge on any atom is -0.354 e. The van der Waals surface area contributed by atoms with Crippen molar-refractivity contribution in [2.24, 2.45) is 0 Å². The third-order valence-corrected chi connectivity index (χ3v) is 12.4. The molecule has 8 aromatic rings. The summed E-state index contributed by atoms with van der Waals surface area (Å²) in [5.41, 5.74) is 18.6. The molecular weight excluding hydrogens is 729 g/mol. The molecule has 4 heteroatoms. The van der Waals surface area contributed by atoms with E-state index in [9.17, 15) is 0 Å². The highest BCUT2D eigenvalue weighted by molar-refractivity contribution is 5.85. The molecule has 0 saturated carbocycles. The third kappa shape index (κ3) is 7.36. The lowest BCUT2D eigenvalue weighted by atomic mass is 9.97. The van der Waals surface area contributed by atoms with Gasteiger partial charge in [0.15, 0.2) is 0 Å². The number of rotatable bonds is 8. The van der Waals surface area contributed by atoms with E-state index in [-0.39, 0.29) is 0 Å². The van der Waals surface area contributed by atoms with Gasteiger partial charge in [0.1, 0.15) is 0 Å². The van der Waals surface area contributed by atoms with Gasteiger partial charge in [0, 0.05) is 66.5 Å². The minimum atomic E-state index is 0.447. The molecule has 4 N–H and O–H groups in total. The van der Waals surface area contributed by atoms with Crippen molar-refractivity contribution >= 4 is 22.3 Å². The molecule has 1 aliphatic heterocycles. The molecule has 0 radical (unpaired) electrons. The van der Waals surface area contributed by atoms with Crippen molar-refractivity contribution < 1.29 is 0 Å². The largest absolute Gasteiger partial charge is 0.354 e. The Hall–Kier alpha value is -6.52. The average Bonchev–Trinajstić information content (AvgIpc) is 4.10. The van der Waals surface area contributed by atoms with Crippen molar-refractivity contribution in [1.82, 2.24) is 19.9 Å². The van der Waals surface area contributed by atoms with E-state index >= 15 is 0 Å². The Morgan fingerprint density at radius 3 is 0.617 bits per heavy atom. The first-order chi connectivity index (χ1) is 29.0. The molecular formula is C56H56N4. The second kappa shape index (κ2) is 15.9. The number of aromatic nitrogens is 4. The van der Waals surface area contributed by atoms with Gasteiger partial charge in [0.2, 0.25) is 0 Å². The molecule has 0 aliphatic carbocycles. The molecule has 4 nitrogen and oxygen atoms in total. The zero-order chi connectivity index (χ0) is 41.7. The summed E-state index contributed by atoms with van der Waals surface area (Å²) in [5, 5.41) is 4.20. The van der Waals surface area contributed by atoms with E-state index in [0.717, 1.165) is 88.7 Å². The van der Waals surface area contributed by atoms with E-state index in [1.54, 1.807) is 0 Å². The highest BCUT2D eigenvalue weighted by Crippen LogP contribution is 2.30. The Morgan fingerprint density at radius 1 is 0.233 bits per heavy atom. The topological polar surface area (TPSA) is 63.2 Å². The van der Waals surface area contributed by atoms with E-state index in [0.29, 0.717) is 23.7 Å². The number of benzene rings is 4. The molecule has 4 aromatic carbocycles. The summed E-state index contributed by atoms with van der Waals surface area (Å²) < 4.78 is 0. The van der Waals surface area contributed by atoms with Crippen molar-refractivity contribution in [3.05, 3.63) is 234 Å². The van der Waals surface area contributed by atoms with Crippen LogP contribution in [0.25, 0.3) is 22.3 Å². The molecule has 60 heavy (non-hydrogen) atoms. The summed E-state index contributed by atoms with van der Waals surface area (Å²) in [6.07, 6.45) is 0. The van der Waals surface area contributed by atoms with Gasteiger partial charge in [-0.15, -0.1) is 0 Å². The smallest absolute Gasteiger partial charge is 0.0485 e. The molecule has 9 rings (SSSR count). The van der Waals surface area contributed by atoms with E-state index in [1.165, 1.54) is 22.3 Å². The van der Waals surface area contributed by atoms with Crippen LogP contribution < -0.4 is 21.4 Å². The van der Waals surface area contributed by atoms with Crippen molar-refractivity contribution in [3.63, 3.8) is 0 Å². The lowest BCUT2D eigenvalue weighted by molar-refractivity contribution is 0.866.